The summed E-state index contributed by atoms with van der Waals surface area (Å²) in [6, 6.07) is 2.78. The molecule has 0 spiro atoms. The van der Waals surface area contributed by atoms with Gasteiger partial charge in [0.25, 0.3) is 0 Å². The molecule has 1 aliphatic heterocycles. The van der Waals surface area contributed by atoms with E-state index in [4.69, 9.17) is 14.2 Å². The van der Waals surface area contributed by atoms with E-state index in [-0.39, 0.29) is 30.5 Å². The van der Waals surface area contributed by atoms with E-state index in [0.29, 0.717) is 6.42 Å². The molecular weight excluding hydrogens is 254 g/mol. The average molecular weight is 267 g/mol. The lowest BCUT2D eigenvalue weighted by molar-refractivity contribution is -0.386. The van der Waals surface area contributed by atoms with Gasteiger partial charge in [-0.25, -0.2) is 4.79 Å². The Kier molecular flexibility index (Phi) is 3.84. The van der Waals surface area contributed by atoms with Crippen LogP contribution in [0.1, 0.15) is 30.1 Å². The molecule has 102 valence electrons. The lowest BCUT2D eigenvalue weighted by atomic mass is 10.1. The van der Waals surface area contributed by atoms with E-state index in [1.54, 1.807) is 0 Å². The molecule has 0 aliphatic carbocycles. The molecule has 2 rings (SSSR count). The number of benzene rings is 1. The Morgan fingerprint density at radius 3 is 2.95 bits per heavy atom. The second kappa shape index (κ2) is 5.55. The van der Waals surface area contributed by atoms with Crippen molar-refractivity contribution in [2.45, 2.75) is 19.8 Å². The van der Waals surface area contributed by atoms with Gasteiger partial charge >= 0.3 is 11.7 Å². The molecule has 0 amide bonds. The predicted octanol–water partition coefficient (Wildman–Crippen LogP) is 2.28. The summed E-state index contributed by atoms with van der Waals surface area (Å²) in [5.41, 5.74) is -0.526. The van der Waals surface area contributed by atoms with Crippen LogP contribution in [0.4, 0.5) is 5.69 Å². The zero-order chi connectivity index (χ0) is 13.8. The summed E-state index contributed by atoms with van der Waals surface area (Å²) >= 11 is 0. The molecule has 1 aromatic rings. The first-order valence-electron chi connectivity index (χ1n) is 5.89. The van der Waals surface area contributed by atoms with E-state index in [2.05, 4.69) is 0 Å². The van der Waals surface area contributed by atoms with Gasteiger partial charge in [-0.2, -0.15) is 0 Å². The molecule has 7 nitrogen and oxygen atoms in total. The first kappa shape index (κ1) is 13.1. The van der Waals surface area contributed by atoms with Crippen LogP contribution < -0.4 is 9.47 Å². The monoisotopic (exact) mass is 267 g/mol. The minimum Gasteiger partial charge on any atom is -0.462 e. The molecule has 0 saturated carbocycles. The maximum atomic E-state index is 11.8. The van der Waals surface area contributed by atoms with Gasteiger partial charge in [0, 0.05) is 0 Å². The Balaban J connectivity index is 2.30. The fourth-order valence-corrected chi connectivity index (χ4v) is 1.69. The number of nitro groups is 1. The standard InChI is InChI=1S/C12H13NO6/c1-2-3-6-17-12(14)8-4-5-9-11(19-7-18-9)10(8)13(15)16/h4-5H,2-3,6-7H2,1H3. The van der Waals surface area contributed by atoms with Crippen molar-refractivity contribution >= 4 is 11.7 Å². The van der Waals surface area contributed by atoms with Crippen LogP contribution in [0.5, 0.6) is 11.5 Å². The highest BCUT2D eigenvalue weighted by Gasteiger charge is 2.32. The summed E-state index contributed by atoms with van der Waals surface area (Å²) in [5, 5.41) is 11.1. The number of unbranched alkanes of at least 4 members (excludes halogenated alkanes) is 1. The van der Waals surface area contributed by atoms with Crippen molar-refractivity contribution in [3.63, 3.8) is 0 Å². The SMILES string of the molecule is CCCCOC(=O)c1ccc2c(c1[N+](=O)[O-])OCO2. The van der Waals surface area contributed by atoms with Gasteiger partial charge in [0.1, 0.15) is 5.56 Å². The van der Waals surface area contributed by atoms with Crippen molar-refractivity contribution in [1.29, 1.82) is 0 Å². The van der Waals surface area contributed by atoms with Gasteiger partial charge in [-0.15, -0.1) is 0 Å². The summed E-state index contributed by atoms with van der Waals surface area (Å²) in [6.45, 7) is 2.10. The third kappa shape index (κ3) is 2.59. The number of rotatable bonds is 5. The average Bonchev–Trinajstić information content (AvgIpc) is 2.85. The van der Waals surface area contributed by atoms with Crippen molar-refractivity contribution in [2.24, 2.45) is 0 Å². The van der Waals surface area contributed by atoms with Crippen LogP contribution >= 0.6 is 0 Å². The van der Waals surface area contributed by atoms with Gasteiger partial charge in [0.05, 0.1) is 11.5 Å². The van der Waals surface area contributed by atoms with E-state index in [1.165, 1.54) is 12.1 Å². The topological polar surface area (TPSA) is 87.9 Å². The summed E-state index contributed by atoms with van der Waals surface area (Å²) < 4.78 is 15.1. The van der Waals surface area contributed by atoms with E-state index in [0.717, 1.165) is 6.42 Å². The lowest BCUT2D eigenvalue weighted by Gasteiger charge is -2.06. The Morgan fingerprint density at radius 1 is 1.47 bits per heavy atom. The third-order valence-electron chi connectivity index (χ3n) is 2.65. The second-order valence-electron chi connectivity index (χ2n) is 3.94. The quantitative estimate of drug-likeness (QED) is 0.352. The van der Waals surface area contributed by atoms with E-state index in [1.807, 2.05) is 6.92 Å². The number of carbonyl (C=O) groups excluding carboxylic acids is 1. The molecule has 0 aromatic heterocycles. The predicted molar refractivity (Wildman–Crippen MR) is 64.4 cm³/mol. The van der Waals surface area contributed by atoms with Crippen molar-refractivity contribution in [2.75, 3.05) is 13.4 Å². The smallest absolute Gasteiger partial charge is 0.345 e. The first-order chi connectivity index (χ1) is 9.15. The highest BCUT2D eigenvalue weighted by atomic mass is 16.7. The van der Waals surface area contributed by atoms with Gasteiger partial charge in [-0.1, -0.05) is 13.3 Å². The van der Waals surface area contributed by atoms with E-state index in [9.17, 15) is 14.9 Å². The maximum Gasteiger partial charge on any atom is 0.345 e. The number of nitro benzene ring substituents is 1. The minimum absolute atomic E-state index is 0.0186. The molecule has 0 fully saturated rings. The molecule has 0 bridgehead atoms. The highest BCUT2D eigenvalue weighted by molar-refractivity contribution is 5.96. The molecule has 0 atom stereocenters. The number of hydrogen-bond donors (Lipinski definition) is 0. The first-order valence-corrected chi connectivity index (χ1v) is 5.89. The molecule has 0 radical (unpaired) electrons. The summed E-state index contributed by atoms with van der Waals surface area (Å²) in [6.07, 6.45) is 1.58. The number of carbonyl (C=O) groups is 1. The molecule has 0 saturated heterocycles. The van der Waals surface area contributed by atoms with Crippen LogP contribution in [0.2, 0.25) is 0 Å². The molecule has 7 heteroatoms. The van der Waals surface area contributed by atoms with Crippen molar-refractivity contribution in [3.8, 4) is 11.5 Å². The Bertz CT molecular complexity index is 513. The highest BCUT2D eigenvalue weighted by Crippen LogP contribution is 2.42. The normalized spacial score (nSPS) is 12.3. The van der Waals surface area contributed by atoms with Gasteiger partial charge in [0.15, 0.2) is 5.75 Å². The summed E-state index contributed by atoms with van der Waals surface area (Å²) in [7, 11) is 0. The molecule has 0 unspecified atom stereocenters. The van der Waals surface area contributed by atoms with E-state index >= 15 is 0 Å². The van der Waals surface area contributed by atoms with Crippen LogP contribution in [0, 0.1) is 10.1 Å². The number of hydrogen-bond acceptors (Lipinski definition) is 6. The van der Waals surface area contributed by atoms with Crippen molar-refractivity contribution in [3.05, 3.63) is 27.8 Å². The van der Waals surface area contributed by atoms with Crippen molar-refractivity contribution in [1.82, 2.24) is 0 Å². The molecule has 19 heavy (non-hydrogen) atoms. The zero-order valence-corrected chi connectivity index (χ0v) is 10.4. The van der Waals surface area contributed by atoms with Crippen LogP contribution in [0.25, 0.3) is 0 Å². The third-order valence-corrected chi connectivity index (χ3v) is 2.65. The summed E-state index contributed by atoms with van der Waals surface area (Å²) in [4.78, 5) is 22.2. The molecule has 1 aliphatic rings. The maximum absolute atomic E-state index is 11.8. The van der Waals surface area contributed by atoms with Crippen LogP contribution in [0.15, 0.2) is 12.1 Å². The fourth-order valence-electron chi connectivity index (χ4n) is 1.69. The Hall–Kier alpha value is -2.31. The molecule has 1 aromatic carbocycles. The number of esters is 1. The largest absolute Gasteiger partial charge is 0.462 e. The van der Waals surface area contributed by atoms with Gasteiger partial charge < -0.3 is 14.2 Å². The Morgan fingerprint density at radius 2 is 2.26 bits per heavy atom. The molecule has 1 heterocycles. The fraction of sp³-hybridized carbons (Fsp3) is 0.417. The zero-order valence-electron chi connectivity index (χ0n) is 10.4. The van der Waals surface area contributed by atoms with Gasteiger partial charge in [-0.05, 0) is 18.6 Å². The van der Waals surface area contributed by atoms with Crippen LogP contribution in [-0.4, -0.2) is 24.3 Å². The van der Waals surface area contributed by atoms with Crippen LogP contribution in [-0.2, 0) is 4.74 Å². The van der Waals surface area contributed by atoms with Gasteiger partial charge in [0.2, 0.25) is 12.5 Å². The molecule has 0 N–H and O–H groups in total. The summed E-state index contributed by atoms with van der Waals surface area (Å²) in [5.74, 6) is -0.481. The second-order valence-corrected chi connectivity index (χ2v) is 3.94. The molecular formula is C12H13NO6. The Labute approximate surface area is 109 Å². The number of fused-ring (bicyclic) bond motifs is 1. The van der Waals surface area contributed by atoms with Crippen LogP contribution in [0.3, 0.4) is 0 Å². The minimum atomic E-state index is -0.724. The van der Waals surface area contributed by atoms with Crippen molar-refractivity contribution < 1.29 is 23.9 Å². The van der Waals surface area contributed by atoms with E-state index < -0.39 is 16.6 Å². The lowest BCUT2D eigenvalue weighted by Crippen LogP contribution is -2.09. The number of nitrogens with zero attached hydrogens (tertiary/aromatic N) is 1. The number of ether oxygens (including phenoxy) is 3. The van der Waals surface area contributed by atoms with Gasteiger partial charge in [-0.3, -0.25) is 10.1 Å².